The van der Waals surface area contributed by atoms with Crippen LogP contribution in [0.4, 0.5) is 0 Å². The van der Waals surface area contributed by atoms with Gasteiger partial charge in [-0.25, -0.2) is 0 Å². The van der Waals surface area contributed by atoms with Crippen LogP contribution in [0.15, 0.2) is 30.3 Å². The summed E-state index contributed by atoms with van der Waals surface area (Å²) >= 11 is 6.12. The minimum atomic E-state index is -0.564. The van der Waals surface area contributed by atoms with Crippen molar-refractivity contribution >= 4 is 17.5 Å². The van der Waals surface area contributed by atoms with Crippen molar-refractivity contribution in [2.75, 3.05) is 13.1 Å². The molecule has 2 nitrogen and oxygen atoms in total. The molecule has 1 rings (SSSR count). The molecule has 0 aromatic heterocycles. The average Bonchev–Trinajstić information content (AvgIpc) is 2.30. The zero-order valence-corrected chi connectivity index (χ0v) is 9.87. The second-order valence-electron chi connectivity index (χ2n) is 3.28. The molecule has 0 spiro atoms. The van der Waals surface area contributed by atoms with E-state index in [0.717, 1.165) is 5.56 Å². The maximum atomic E-state index is 11.9. The predicted molar refractivity (Wildman–Crippen MR) is 63.0 cm³/mol. The summed E-state index contributed by atoms with van der Waals surface area (Å²) in [7, 11) is 0. The Morgan fingerprint density at radius 1 is 1.27 bits per heavy atom. The van der Waals surface area contributed by atoms with E-state index in [1.54, 1.807) is 4.90 Å². The van der Waals surface area contributed by atoms with Gasteiger partial charge in [-0.15, -0.1) is 11.6 Å². The molecule has 0 heterocycles. The molecule has 0 unspecified atom stereocenters. The molecule has 0 aliphatic heterocycles. The lowest BCUT2D eigenvalue weighted by atomic mass is 10.1. The highest BCUT2D eigenvalue weighted by molar-refractivity contribution is 6.30. The van der Waals surface area contributed by atoms with Crippen molar-refractivity contribution in [2.45, 2.75) is 19.2 Å². The van der Waals surface area contributed by atoms with E-state index in [1.807, 2.05) is 44.2 Å². The van der Waals surface area contributed by atoms with Gasteiger partial charge < -0.3 is 4.90 Å². The third-order valence-corrected chi connectivity index (χ3v) is 2.82. The van der Waals surface area contributed by atoms with Crippen LogP contribution in [-0.4, -0.2) is 23.9 Å². The molecule has 1 aromatic carbocycles. The minimum absolute atomic E-state index is 0.0205. The number of hydrogen-bond acceptors (Lipinski definition) is 1. The van der Waals surface area contributed by atoms with E-state index in [-0.39, 0.29) is 5.91 Å². The lowest BCUT2D eigenvalue weighted by Gasteiger charge is -2.21. The molecule has 15 heavy (non-hydrogen) atoms. The zero-order valence-electron chi connectivity index (χ0n) is 9.11. The first-order valence-corrected chi connectivity index (χ1v) is 5.62. The Balaban J connectivity index is 2.76. The molecule has 1 amide bonds. The summed E-state index contributed by atoms with van der Waals surface area (Å²) in [5.74, 6) is -0.0205. The van der Waals surface area contributed by atoms with Crippen LogP contribution >= 0.6 is 11.6 Å². The fourth-order valence-electron chi connectivity index (χ4n) is 1.46. The fourth-order valence-corrected chi connectivity index (χ4v) is 1.74. The van der Waals surface area contributed by atoms with Crippen molar-refractivity contribution in [1.29, 1.82) is 0 Å². The lowest BCUT2D eigenvalue weighted by Crippen LogP contribution is -2.33. The van der Waals surface area contributed by atoms with E-state index < -0.39 is 5.38 Å². The van der Waals surface area contributed by atoms with Crippen LogP contribution in [0.1, 0.15) is 24.8 Å². The van der Waals surface area contributed by atoms with E-state index in [0.29, 0.717) is 13.1 Å². The normalized spacial score (nSPS) is 12.2. The molecule has 0 aliphatic rings. The van der Waals surface area contributed by atoms with Crippen LogP contribution < -0.4 is 0 Å². The van der Waals surface area contributed by atoms with Gasteiger partial charge in [-0.2, -0.15) is 0 Å². The minimum Gasteiger partial charge on any atom is -0.342 e. The van der Waals surface area contributed by atoms with Gasteiger partial charge in [-0.1, -0.05) is 30.3 Å². The van der Waals surface area contributed by atoms with Crippen molar-refractivity contribution in [3.05, 3.63) is 35.9 Å². The van der Waals surface area contributed by atoms with Gasteiger partial charge >= 0.3 is 0 Å². The molecule has 0 bridgehead atoms. The lowest BCUT2D eigenvalue weighted by molar-refractivity contribution is -0.130. The van der Waals surface area contributed by atoms with Gasteiger partial charge in [0.25, 0.3) is 0 Å². The standard InChI is InChI=1S/C12H16ClNO/c1-3-14(4-2)12(15)11(13)10-8-6-5-7-9-10/h5-9,11H,3-4H2,1-2H3/t11-/m1/s1. The van der Waals surface area contributed by atoms with Gasteiger partial charge in [0.15, 0.2) is 0 Å². The topological polar surface area (TPSA) is 20.3 Å². The van der Waals surface area contributed by atoms with Gasteiger partial charge in [-0.05, 0) is 19.4 Å². The zero-order chi connectivity index (χ0) is 11.3. The first-order chi connectivity index (χ1) is 7.20. The Bertz CT molecular complexity index is 309. The van der Waals surface area contributed by atoms with Crippen LogP contribution in [0, 0.1) is 0 Å². The molecular formula is C12H16ClNO. The summed E-state index contributed by atoms with van der Waals surface area (Å²) in [5, 5.41) is -0.564. The van der Waals surface area contributed by atoms with E-state index >= 15 is 0 Å². The molecule has 0 N–H and O–H groups in total. The maximum Gasteiger partial charge on any atom is 0.245 e. The van der Waals surface area contributed by atoms with Crippen LogP contribution in [-0.2, 0) is 4.79 Å². The monoisotopic (exact) mass is 225 g/mol. The summed E-state index contributed by atoms with van der Waals surface area (Å²) in [5.41, 5.74) is 0.857. The van der Waals surface area contributed by atoms with Crippen molar-refractivity contribution in [3.63, 3.8) is 0 Å². The van der Waals surface area contributed by atoms with Crippen LogP contribution in [0.5, 0.6) is 0 Å². The number of amides is 1. The quantitative estimate of drug-likeness (QED) is 0.722. The third kappa shape index (κ3) is 2.96. The number of alkyl halides is 1. The molecule has 0 fully saturated rings. The van der Waals surface area contributed by atoms with Gasteiger partial charge in [0.2, 0.25) is 5.91 Å². The summed E-state index contributed by atoms with van der Waals surface area (Å²) in [4.78, 5) is 13.6. The van der Waals surface area contributed by atoms with Crippen molar-refractivity contribution in [3.8, 4) is 0 Å². The molecule has 0 saturated heterocycles. The molecule has 0 aliphatic carbocycles. The number of hydrogen-bond donors (Lipinski definition) is 0. The number of likely N-dealkylation sites (N-methyl/N-ethyl adjacent to an activating group) is 1. The maximum absolute atomic E-state index is 11.9. The van der Waals surface area contributed by atoms with Crippen LogP contribution in [0.25, 0.3) is 0 Å². The molecule has 3 heteroatoms. The summed E-state index contributed by atoms with van der Waals surface area (Å²) in [6.07, 6.45) is 0. The second-order valence-corrected chi connectivity index (χ2v) is 3.72. The number of carbonyl (C=O) groups is 1. The summed E-state index contributed by atoms with van der Waals surface area (Å²) < 4.78 is 0. The number of carbonyl (C=O) groups excluding carboxylic acids is 1. The Labute approximate surface area is 95.8 Å². The highest BCUT2D eigenvalue weighted by Crippen LogP contribution is 2.22. The summed E-state index contributed by atoms with van der Waals surface area (Å²) in [6.45, 7) is 5.31. The van der Waals surface area contributed by atoms with E-state index in [2.05, 4.69) is 0 Å². The molecule has 0 radical (unpaired) electrons. The molecular weight excluding hydrogens is 210 g/mol. The predicted octanol–water partition coefficient (Wildman–Crippen LogP) is 2.83. The molecule has 1 atom stereocenters. The van der Waals surface area contributed by atoms with Gasteiger partial charge in [0.05, 0.1) is 0 Å². The molecule has 82 valence electrons. The third-order valence-electron chi connectivity index (χ3n) is 2.38. The SMILES string of the molecule is CCN(CC)C(=O)[C@H](Cl)c1ccccc1. The average molecular weight is 226 g/mol. The first-order valence-electron chi connectivity index (χ1n) is 5.18. The molecule has 1 aromatic rings. The largest absolute Gasteiger partial charge is 0.342 e. The summed E-state index contributed by atoms with van der Waals surface area (Å²) in [6, 6.07) is 9.44. The Morgan fingerprint density at radius 3 is 2.27 bits per heavy atom. The van der Waals surface area contributed by atoms with Crippen LogP contribution in [0.2, 0.25) is 0 Å². The Kier molecular flexibility index (Phi) is 4.63. The number of benzene rings is 1. The number of rotatable bonds is 4. The van der Waals surface area contributed by atoms with Crippen molar-refractivity contribution < 1.29 is 4.79 Å². The van der Waals surface area contributed by atoms with Crippen LogP contribution in [0.3, 0.4) is 0 Å². The Morgan fingerprint density at radius 2 is 1.80 bits per heavy atom. The van der Waals surface area contributed by atoms with Gasteiger partial charge in [-0.3, -0.25) is 4.79 Å². The van der Waals surface area contributed by atoms with Gasteiger partial charge in [0, 0.05) is 13.1 Å². The highest BCUT2D eigenvalue weighted by Gasteiger charge is 2.21. The highest BCUT2D eigenvalue weighted by atomic mass is 35.5. The number of halogens is 1. The smallest absolute Gasteiger partial charge is 0.245 e. The van der Waals surface area contributed by atoms with Crippen molar-refractivity contribution in [2.24, 2.45) is 0 Å². The Hall–Kier alpha value is -1.02. The van der Waals surface area contributed by atoms with E-state index in [4.69, 9.17) is 11.6 Å². The fraction of sp³-hybridized carbons (Fsp3) is 0.417. The molecule has 0 saturated carbocycles. The number of nitrogens with zero attached hydrogens (tertiary/aromatic N) is 1. The van der Waals surface area contributed by atoms with E-state index in [9.17, 15) is 4.79 Å². The van der Waals surface area contributed by atoms with Crippen molar-refractivity contribution in [1.82, 2.24) is 4.90 Å². The van der Waals surface area contributed by atoms with E-state index in [1.165, 1.54) is 0 Å². The first kappa shape index (κ1) is 12.1. The van der Waals surface area contributed by atoms with Gasteiger partial charge in [0.1, 0.15) is 5.38 Å². The second kappa shape index (κ2) is 5.76.